The van der Waals surface area contributed by atoms with E-state index in [-0.39, 0.29) is 29.4 Å². The van der Waals surface area contributed by atoms with Crippen LogP contribution in [0.15, 0.2) is 37.1 Å². The Kier molecular flexibility index (Phi) is 8.20. The minimum atomic E-state index is -4.38. The van der Waals surface area contributed by atoms with Gasteiger partial charge in [0.15, 0.2) is 17.5 Å². The number of anilines is 2. The predicted octanol–water partition coefficient (Wildman–Crippen LogP) is 4.07. The van der Waals surface area contributed by atoms with Crippen molar-refractivity contribution in [2.45, 2.75) is 32.1 Å². The Hall–Kier alpha value is -4.38. The summed E-state index contributed by atoms with van der Waals surface area (Å²) in [6.07, 6.45) is 2.58. The van der Waals surface area contributed by atoms with E-state index in [2.05, 4.69) is 42.3 Å². The van der Waals surface area contributed by atoms with Crippen molar-refractivity contribution in [3.63, 3.8) is 0 Å². The maximum Gasteiger partial charge on any atom is 0.408 e. The largest absolute Gasteiger partial charge is 0.477 e. The van der Waals surface area contributed by atoms with Gasteiger partial charge in [0.25, 0.3) is 0 Å². The molecule has 0 aliphatic carbocycles. The molecule has 0 saturated heterocycles. The number of aromatic nitrogens is 7. The van der Waals surface area contributed by atoms with Crippen LogP contribution in [-0.2, 0) is 13.6 Å². The Labute approximate surface area is 225 Å². The molecule has 0 unspecified atom stereocenters. The number of aryl methyl sites for hydroxylation is 1. The summed E-state index contributed by atoms with van der Waals surface area (Å²) in [5, 5.41) is 11.4. The van der Waals surface area contributed by atoms with E-state index in [0.29, 0.717) is 34.7 Å². The molecule has 4 rings (SSSR count). The van der Waals surface area contributed by atoms with E-state index >= 15 is 0 Å². The molecule has 4 aromatic heterocycles. The fourth-order valence-electron chi connectivity index (χ4n) is 3.42. The van der Waals surface area contributed by atoms with Crippen molar-refractivity contribution in [2.75, 3.05) is 17.7 Å². The standard InChI is InChI=1S/C24H22ClF4N9O/c1-14(5-6-39-23-17(10-33-37(23)2)22-32-11-18(26)21(30)36-22)35-19-7-20(25)31-9-16(19)4-3-15-8-34-38(12-15)13-24(27,28)29/h7-12,14H,5-6,13H2,1-2H3,(H,31,35)(H2,30,32,36)/t14-/m0/s1. The van der Waals surface area contributed by atoms with E-state index in [0.717, 1.165) is 10.9 Å². The maximum absolute atomic E-state index is 13.5. The van der Waals surface area contributed by atoms with Gasteiger partial charge in [0, 0.05) is 31.9 Å². The fourth-order valence-corrected chi connectivity index (χ4v) is 3.58. The van der Waals surface area contributed by atoms with E-state index < -0.39 is 18.5 Å². The second-order valence-electron chi connectivity index (χ2n) is 8.44. The SMILES string of the molecule is C[C@@H](CCOc1c(-c2ncc(F)c(N)n2)cnn1C)Nc1cc(Cl)ncc1C#Cc1cnn(CC(F)(F)F)c1. The lowest BCUT2D eigenvalue weighted by molar-refractivity contribution is -0.142. The first kappa shape index (κ1) is 27.6. The minimum Gasteiger partial charge on any atom is -0.477 e. The highest BCUT2D eigenvalue weighted by Gasteiger charge is 2.28. The van der Waals surface area contributed by atoms with E-state index in [9.17, 15) is 17.6 Å². The zero-order valence-corrected chi connectivity index (χ0v) is 21.4. The van der Waals surface area contributed by atoms with Crippen LogP contribution in [0.25, 0.3) is 11.4 Å². The van der Waals surface area contributed by atoms with Crippen LogP contribution in [0.3, 0.4) is 0 Å². The monoisotopic (exact) mass is 563 g/mol. The molecule has 0 amide bonds. The van der Waals surface area contributed by atoms with Gasteiger partial charge >= 0.3 is 6.18 Å². The quantitative estimate of drug-likeness (QED) is 0.187. The third-order valence-electron chi connectivity index (χ3n) is 5.27. The van der Waals surface area contributed by atoms with Gasteiger partial charge in [-0.05, 0) is 13.0 Å². The van der Waals surface area contributed by atoms with Gasteiger partial charge in [-0.25, -0.2) is 24.0 Å². The van der Waals surface area contributed by atoms with Crippen LogP contribution in [0.1, 0.15) is 24.5 Å². The van der Waals surface area contributed by atoms with E-state index in [1.165, 1.54) is 29.5 Å². The molecule has 39 heavy (non-hydrogen) atoms. The van der Waals surface area contributed by atoms with E-state index in [1.54, 1.807) is 13.1 Å². The van der Waals surface area contributed by atoms with Gasteiger partial charge in [-0.15, -0.1) is 0 Å². The molecule has 0 aliphatic rings. The molecule has 0 spiro atoms. The molecular weight excluding hydrogens is 542 g/mol. The lowest BCUT2D eigenvalue weighted by Crippen LogP contribution is -2.19. The maximum atomic E-state index is 13.5. The first-order valence-electron chi connectivity index (χ1n) is 11.4. The molecule has 0 saturated carbocycles. The molecule has 10 nitrogen and oxygen atoms in total. The summed E-state index contributed by atoms with van der Waals surface area (Å²) in [6, 6.07) is 1.49. The predicted molar refractivity (Wildman–Crippen MR) is 135 cm³/mol. The summed E-state index contributed by atoms with van der Waals surface area (Å²) >= 11 is 6.07. The lowest BCUT2D eigenvalue weighted by Gasteiger charge is -2.17. The lowest BCUT2D eigenvalue weighted by atomic mass is 10.2. The molecular formula is C24H22ClF4N9O. The number of nitrogens with two attached hydrogens (primary N) is 1. The second-order valence-corrected chi connectivity index (χ2v) is 8.83. The van der Waals surface area contributed by atoms with Crippen molar-refractivity contribution in [3.8, 4) is 29.1 Å². The molecule has 0 fully saturated rings. The van der Waals surface area contributed by atoms with Crippen molar-refractivity contribution < 1.29 is 22.3 Å². The average Bonchev–Trinajstić information content (AvgIpc) is 3.45. The number of hydrogen-bond donors (Lipinski definition) is 2. The van der Waals surface area contributed by atoms with Gasteiger partial charge in [-0.3, -0.25) is 4.68 Å². The van der Waals surface area contributed by atoms with Crippen molar-refractivity contribution in [2.24, 2.45) is 7.05 Å². The number of pyridine rings is 1. The highest BCUT2D eigenvalue weighted by Crippen LogP contribution is 2.28. The zero-order chi connectivity index (χ0) is 28.2. The number of nitrogens with one attached hydrogen (secondary N) is 1. The van der Waals surface area contributed by atoms with Crippen LogP contribution in [0.5, 0.6) is 5.88 Å². The number of nitrogens with zero attached hydrogens (tertiary/aromatic N) is 7. The van der Waals surface area contributed by atoms with Crippen LogP contribution >= 0.6 is 11.6 Å². The summed E-state index contributed by atoms with van der Waals surface area (Å²) < 4.78 is 59.4. The molecule has 15 heteroatoms. The average molecular weight is 564 g/mol. The van der Waals surface area contributed by atoms with Crippen molar-refractivity contribution in [1.82, 2.24) is 34.5 Å². The van der Waals surface area contributed by atoms with Crippen LogP contribution < -0.4 is 15.8 Å². The number of rotatable bonds is 8. The molecule has 4 aromatic rings. The molecule has 4 heterocycles. The molecule has 0 bridgehead atoms. The number of hydrogen-bond acceptors (Lipinski definition) is 8. The fraction of sp³-hybridized carbons (Fsp3) is 0.292. The van der Waals surface area contributed by atoms with Gasteiger partial charge in [-0.2, -0.15) is 23.4 Å². The highest BCUT2D eigenvalue weighted by molar-refractivity contribution is 6.29. The van der Waals surface area contributed by atoms with E-state index in [1.807, 2.05) is 6.92 Å². The molecule has 0 aliphatic heterocycles. The Morgan fingerprint density at radius 3 is 2.69 bits per heavy atom. The van der Waals surface area contributed by atoms with Crippen LogP contribution in [0.4, 0.5) is 29.1 Å². The Bertz CT molecular complexity index is 1520. The Morgan fingerprint density at radius 1 is 1.15 bits per heavy atom. The topological polar surface area (TPSA) is 122 Å². The molecule has 1 atom stereocenters. The normalized spacial score (nSPS) is 12.1. The van der Waals surface area contributed by atoms with E-state index in [4.69, 9.17) is 22.1 Å². The number of ether oxygens (including phenoxy) is 1. The van der Waals surface area contributed by atoms with Gasteiger partial charge in [0.2, 0.25) is 5.88 Å². The molecule has 0 aromatic carbocycles. The van der Waals surface area contributed by atoms with Crippen molar-refractivity contribution in [3.05, 3.63) is 59.1 Å². The zero-order valence-electron chi connectivity index (χ0n) is 20.7. The van der Waals surface area contributed by atoms with Gasteiger partial charge in [0.1, 0.15) is 17.3 Å². The summed E-state index contributed by atoms with van der Waals surface area (Å²) in [4.78, 5) is 12.0. The Balaban J connectivity index is 1.40. The number of halogens is 5. The van der Waals surface area contributed by atoms with Crippen molar-refractivity contribution >= 4 is 23.1 Å². The summed E-state index contributed by atoms with van der Waals surface area (Å²) in [5.41, 5.74) is 7.43. The van der Waals surface area contributed by atoms with Crippen molar-refractivity contribution in [1.29, 1.82) is 0 Å². The van der Waals surface area contributed by atoms with Gasteiger partial charge in [0.05, 0.1) is 42.0 Å². The second kappa shape index (κ2) is 11.6. The Morgan fingerprint density at radius 2 is 1.95 bits per heavy atom. The summed E-state index contributed by atoms with van der Waals surface area (Å²) in [6.45, 7) is 0.995. The third-order valence-corrected chi connectivity index (χ3v) is 5.48. The number of alkyl halides is 3. The first-order valence-corrected chi connectivity index (χ1v) is 11.8. The number of nitrogen functional groups attached to an aromatic ring is 1. The van der Waals surface area contributed by atoms with Gasteiger partial charge in [-0.1, -0.05) is 23.4 Å². The third kappa shape index (κ3) is 7.35. The summed E-state index contributed by atoms with van der Waals surface area (Å²) in [7, 11) is 1.68. The van der Waals surface area contributed by atoms with Crippen LogP contribution in [-0.4, -0.2) is 53.3 Å². The molecule has 3 N–H and O–H groups in total. The first-order chi connectivity index (χ1) is 18.5. The van der Waals surface area contributed by atoms with Gasteiger partial charge < -0.3 is 15.8 Å². The molecule has 204 valence electrons. The van der Waals surface area contributed by atoms with Crippen LogP contribution in [0, 0.1) is 17.7 Å². The smallest absolute Gasteiger partial charge is 0.408 e. The minimum absolute atomic E-state index is 0.118. The molecule has 0 radical (unpaired) electrons. The van der Waals surface area contributed by atoms with Crippen LogP contribution in [0.2, 0.25) is 5.15 Å². The summed E-state index contributed by atoms with van der Waals surface area (Å²) in [5.74, 6) is 5.26. The highest BCUT2D eigenvalue weighted by atomic mass is 35.5.